The monoisotopic (exact) mass is 208 g/mol. The van der Waals surface area contributed by atoms with Crippen LogP contribution in [0, 0.1) is 6.92 Å². The first kappa shape index (κ1) is 11.2. The van der Waals surface area contributed by atoms with Gasteiger partial charge in [0.05, 0.1) is 6.61 Å². The fraction of sp³-hybridized carbons (Fsp3) is 0.300. The second kappa shape index (κ2) is 5.09. The van der Waals surface area contributed by atoms with Crippen LogP contribution in [0.15, 0.2) is 23.5 Å². The van der Waals surface area contributed by atoms with Gasteiger partial charge in [0.2, 0.25) is 5.71 Å². The zero-order valence-corrected chi connectivity index (χ0v) is 8.60. The van der Waals surface area contributed by atoms with Gasteiger partial charge in [0, 0.05) is 6.20 Å². The van der Waals surface area contributed by atoms with Gasteiger partial charge >= 0.3 is 5.97 Å². The molecule has 0 saturated carbocycles. The largest absolute Gasteiger partial charge is 0.461 e. The second-order valence-electron chi connectivity index (χ2n) is 2.84. The first-order valence-corrected chi connectivity index (χ1v) is 4.51. The lowest BCUT2D eigenvalue weighted by atomic mass is 10.1. The van der Waals surface area contributed by atoms with E-state index in [0.29, 0.717) is 5.69 Å². The number of ether oxygens (including phenoxy) is 1. The maximum absolute atomic E-state index is 11.4. The standard InChI is InChI=1S/C10H12N2O3/c1-3-15-10(13)9(12-14)8-7(2)5-4-6-11-8/h4-6,14H,3H2,1-2H3. The van der Waals surface area contributed by atoms with Gasteiger partial charge in [-0.25, -0.2) is 4.79 Å². The molecule has 1 heterocycles. The van der Waals surface area contributed by atoms with Crippen molar-refractivity contribution in [2.75, 3.05) is 6.61 Å². The highest BCUT2D eigenvalue weighted by atomic mass is 16.5. The van der Waals surface area contributed by atoms with Gasteiger partial charge in [0.15, 0.2) is 0 Å². The van der Waals surface area contributed by atoms with Crippen molar-refractivity contribution in [3.63, 3.8) is 0 Å². The normalized spacial score (nSPS) is 11.2. The third-order valence-corrected chi connectivity index (χ3v) is 1.80. The Balaban J connectivity index is 3.04. The highest BCUT2D eigenvalue weighted by Gasteiger charge is 2.18. The molecule has 0 aliphatic heterocycles. The van der Waals surface area contributed by atoms with Crippen molar-refractivity contribution >= 4 is 11.7 Å². The molecule has 5 heteroatoms. The van der Waals surface area contributed by atoms with Crippen LogP contribution in [-0.4, -0.2) is 28.5 Å². The van der Waals surface area contributed by atoms with E-state index in [9.17, 15) is 4.79 Å². The molecule has 80 valence electrons. The molecule has 0 bridgehead atoms. The number of aryl methyl sites for hydroxylation is 1. The lowest BCUT2D eigenvalue weighted by Gasteiger charge is -2.05. The lowest BCUT2D eigenvalue weighted by Crippen LogP contribution is -2.21. The summed E-state index contributed by atoms with van der Waals surface area (Å²) in [4.78, 5) is 15.3. The van der Waals surface area contributed by atoms with Crippen LogP contribution in [0.2, 0.25) is 0 Å². The molecule has 5 nitrogen and oxygen atoms in total. The summed E-state index contributed by atoms with van der Waals surface area (Å²) < 4.78 is 4.73. The maximum atomic E-state index is 11.4. The molecule has 0 amide bonds. The van der Waals surface area contributed by atoms with Crippen molar-refractivity contribution < 1.29 is 14.7 Å². The van der Waals surface area contributed by atoms with Crippen LogP contribution >= 0.6 is 0 Å². The molecule has 1 N–H and O–H groups in total. The number of hydrogen-bond acceptors (Lipinski definition) is 5. The molecule has 0 aromatic carbocycles. The molecule has 0 aliphatic carbocycles. The summed E-state index contributed by atoms with van der Waals surface area (Å²) in [5.41, 5.74) is 0.909. The summed E-state index contributed by atoms with van der Waals surface area (Å²) in [6.45, 7) is 3.68. The van der Waals surface area contributed by atoms with Crippen molar-refractivity contribution in [3.8, 4) is 0 Å². The molecule has 0 atom stereocenters. The molecule has 1 aromatic rings. The minimum absolute atomic E-state index is 0.171. The zero-order chi connectivity index (χ0) is 11.3. The Kier molecular flexibility index (Phi) is 3.79. The van der Waals surface area contributed by atoms with Crippen LogP contribution in [0.3, 0.4) is 0 Å². The smallest absolute Gasteiger partial charge is 0.362 e. The fourth-order valence-corrected chi connectivity index (χ4v) is 1.12. The molecule has 1 rings (SSSR count). The van der Waals surface area contributed by atoms with E-state index in [0.717, 1.165) is 5.56 Å². The Hall–Kier alpha value is -1.91. The number of esters is 1. The highest BCUT2D eigenvalue weighted by molar-refractivity contribution is 6.42. The molecule has 1 aromatic heterocycles. The number of nitrogens with zero attached hydrogens (tertiary/aromatic N) is 2. The highest BCUT2D eigenvalue weighted by Crippen LogP contribution is 2.06. The number of aromatic nitrogens is 1. The minimum Gasteiger partial charge on any atom is -0.461 e. The minimum atomic E-state index is -0.679. The van der Waals surface area contributed by atoms with Crippen LogP contribution in [0.5, 0.6) is 0 Å². The van der Waals surface area contributed by atoms with Gasteiger partial charge in [0.1, 0.15) is 5.69 Å². The van der Waals surface area contributed by atoms with Crippen LogP contribution in [0.25, 0.3) is 0 Å². The van der Waals surface area contributed by atoms with Gasteiger partial charge in [-0.2, -0.15) is 0 Å². The Morgan fingerprint density at radius 2 is 2.40 bits per heavy atom. The van der Waals surface area contributed by atoms with E-state index in [2.05, 4.69) is 10.1 Å². The van der Waals surface area contributed by atoms with Crippen LogP contribution in [-0.2, 0) is 9.53 Å². The van der Waals surface area contributed by atoms with Gasteiger partial charge in [-0.15, -0.1) is 0 Å². The average Bonchev–Trinajstić information content (AvgIpc) is 2.22. The van der Waals surface area contributed by atoms with Crippen molar-refractivity contribution in [1.82, 2.24) is 4.98 Å². The summed E-state index contributed by atoms with van der Waals surface area (Å²) in [5, 5.41) is 11.7. The molecule has 0 radical (unpaired) electrons. The van der Waals surface area contributed by atoms with Gasteiger partial charge < -0.3 is 9.94 Å². The molecule has 0 aliphatic rings. The van der Waals surface area contributed by atoms with E-state index in [1.807, 2.05) is 0 Å². The molecule has 0 unspecified atom stereocenters. The molecular formula is C10H12N2O3. The molecule has 0 saturated heterocycles. The fourth-order valence-electron chi connectivity index (χ4n) is 1.12. The van der Waals surface area contributed by atoms with E-state index in [1.54, 1.807) is 26.0 Å². The first-order valence-electron chi connectivity index (χ1n) is 4.51. The number of carbonyl (C=O) groups is 1. The van der Waals surface area contributed by atoms with E-state index < -0.39 is 5.97 Å². The molecule has 0 spiro atoms. The van der Waals surface area contributed by atoms with Gasteiger partial charge in [-0.1, -0.05) is 11.2 Å². The van der Waals surface area contributed by atoms with Crippen molar-refractivity contribution in [3.05, 3.63) is 29.6 Å². The summed E-state index contributed by atoms with van der Waals surface area (Å²) in [5.74, 6) is -0.679. The maximum Gasteiger partial charge on any atom is 0.362 e. The SMILES string of the molecule is CCOC(=O)C(=NO)c1ncccc1C. The Labute approximate surface area is 87.4 Å². The van der Waals surface area contributed by atoms with Crippen molar-refractivity contribution in [2.45, 2.75) is 13.8 Å². The summed E-state index contributed by atoms with van der Waals surface area (Å²) >= 11 is 0. The summed E-state index contributed by atoms with van der Waals surface area (Å²) in [7, 11) is 0. The summed E-state index contributed by atoms with van der Waals surface area (Å²) in [6, 6.07) is 3.51. The number of oxime groups is 1. The molecule has 15 heavy (non-hydrogen) atoms. The number of hydrogen-bond donors (Lipinski definition) is 1. The lowest BCUT2D eigenvalue weighted by molar-refractivity contribution is -0.135. The number of pyridine rings is 1. The van der Waals surface area contributed by atoms with Crippen molar-refractivity contribution in [1.29, 1.82) is 0 Å². The van der Waals surface area contributed by atoms with Crippen LogP contribution in [0.4, 0.5) is 0 Å². The van der Waals surface area contributed by atoms with E-state index in [1.165, 1.54) is 6.20 Å². The van der Waals surface area contributed by atoms with Gasteiger partial charge in [-0.05, 0) is 25.5 Å². The van der Waals surface area contributed by atoms with Gasteiger partial charge in [0.25, 0.3) is 0 Å². The van der Waals surface area contributed by atoms with Crippen molar-refractivity contribution in [2.24, 2.45) is 5.16 Å². The third-order valence-electron chi connectivity index (χ3n) is 1.80. The molecule has 0 fully saturated rings. The van der Waals surface area contributed by atoms with Gasteiger partial charge in [-0.3, -0.25) is 4.98 Å². The first-order chi connectivity index (χ1) is 7.20. The number of carbonyl (C=O) groups excluding carboxylic acids is 1. The topological polar surface area (TPSA) is 71.8 Å². The Bertz CT molecular complexity index is 388. The zero-order valence-electron chi connectivity index (χ0n) is 8.60. The average molecular weight is 208 g/mol. The van der Waals surface area contributed by atoms with E-state index in [-0.39, 0.29) is 12.3 Å². The predicted molar refractivity (Wildman–Crippen MR) is 53.9 cm³/mol. The second-order valence-corrected chi connectivity index (χ2v) is 2.84. The van der Waals surface area contributed by atoms with E-state index in [4.69, 9.17) is 9.94 Å². The number of rotatable bonds is 3. The predicted octanol–water partition coefficient (Wildman–Crippen LogP) is 1.13. The Morgan fingerprint density at radius 3 is 2.93 bits per heavy atom. The molecular weight excluding hydrogens is 196 g/mol. The van der Waals surface area contributed by atoms with E-state index >= 15 is 0 Å². The Morgan fingerprint density at radius 1 is 1.67 bits per heavy atom. The summed E-state index contributed by atoms with van der Waals surface area (Å²) in [6.07, 6.45) is 1.52. The third kappa shape index (κ3) is 2.52. The quantitative estimate of drug-likeness (QED) is 0.350. The van der Waals surface area contributed by atoms with Crippen LogP contribution < -0.4 is 0 Å². The van der Waals surface area contributed by atoms with Crippen LogP contribution in [0.1, 0.15) is 18.2 Å².